The van der Waals surface area contributed by atoms with Crippen LogP contribution >= 0.6 is 0 Å². The van der Waals surface area contributed by atoms with Crippen molar-refractivity contribution in [1.29, 1.82) is 0 Å². The molecule has 0 radical (unpaired) electrons. The fraction of sp³-hybridized carbons (Fsp3) is 0.385. The number of hydrogen-bond acceptors (Lipinski definition) is 1. The van der Waals surface area contributed by atoms with Crippen LogP contribution in [0, 0.1) is 0 Å². The Kier molecular flexibility index (Phi) is 2.58. The topological polar surface area (TPSA) is 20.2 Å². The molecule has 0 aliphatic heterocycles. The highest BCUT2D eigenvalue weighted by Crippen LogP contribution is 2.36. The average molecular weight is 188 g/mol. The lowest BCUT2D eigenvalue weighted by molar-refractivity contribution is 0.473. The lowest BCUT2D eigenvalue weighted by Gasteiger charge is -2.07. The van der Waals surface area contributed by atoms with Gasteiger partial charge in [-0.3, -0.25) is 0 Å². The third kappa shape index (κ3) is 1.54. The molecule has 1 aromatic rings. The number of phenols is 1. The molecular weight excluding hydrogens is 172 g/mol. The molecule has 0 amide bonds. The molecule has 1 aliphatic carbocycles. The van der Waals surface area contributed by atoms with Gasteiger partial charge < -0.3 is 5.11 Å². The number of phenolic OH excluding ortho intramolecular Hbond substituents is 1. The molecule has 0 unspecified atom stereocenters. The predicted molar refractivity (Wildman–Crippen MR) is 59.3 cm³/mol. The van der Waals surface area contributed by atoms with Crippen molar-refractivity contribution in [1.82, 2.24) is 0 Å². The maximum absolute atomic E-state index is 9.76. The monoisotopic (exact) mass is 188 g/mol. The van der Waals surface area contributed by atoms with Crippen molar-refractivity contribution >= 4 is 5.57 Å². The second-order valence-electron chi connectivity index (χ2n) is 3.85. The summed E-state index contributed by atoms with van der Waals surface area (Å²) in [6.07, 6.45) is 6.75. The summed E-state index contributed by atoms with van der Waals surface area (Å²) < 4.78 is 0. The van der Waals surface area contributed by atoms with Gasteiger partial charge in [0, 0.05) is 5.56 Å². The number of fused-ring (bicyclic) bond motifs is 1. The first-order valence-corrected chi connectivity index (χ1v) is 5.33. The van der Waals surface area contributed by atoms with Crippen molar-refractivity contribution in [2.75, 3.05) is 0 Å². The highest BCUT2D eigenvalue weighted by molar-refractivity contribution is 5.77. The van der Waals surface area contributed by atoms with Crippen LogP contribution in [-0.2, 0) is 6.42 Å². The van der Waals surface area contributed by atoms with Crippen LogP contribution in [0.25, 0.3) is 5.57 Å². The summed E-state index contributed by atoms with van der Waals surface area (Å²) in [4.78, 5) is 0. The van der Waals surface area contributed by atoms with Crippen LogP contribution in [0.3, 0.4) is 0 Å². The first-order valence-electron chi connectivity index (χ1n) is 5.33. The smallest absolute Gasteiger partial charge is 0.123 e. The average Bonchev–Trinajstić information content (AvgIpc) is 2.59. The lowest BCUT2D eigenvalue weighted by Crippen LogP contribution is -1.85. The van der Waals surface area contributed by atoms with Crippen molar-refractivity contribution < 1.29 is 5.11 Å². The van der Waals surface area contributed by atoms with Crippen LogP contribution in [-0.4, -0.2) is 5.11 Å². The fourth-order valence-corrected chi connectivity index (χ4v) is 2.06. The highest BCUT2D eigenvalue weighted by atomic mass is 16.3. The fourth-order valence-electron chi connectivity index (χ4n) is 2.06. The van der Waals surface area contributed by atoms with E-state index in [0.717, 1.165) is 18.4 Å². The summed E-state index contributed by atoms with van der Waals surface area (Å²) >= 11 is 0. The van der Waals surface area contributed by atoms with E-state index in [1.165, 1.54) is 24.0 Å². The van der Waals surface area contributed by atoms with Gasteiger partial charge in [-0.2, -0.15) is 0 Å². The number of unbranched alkanes of at least 4 members (excludes halogenated alkanes) is 1. The molecule has 2 rings (SSSR count). The molecule has 0 saturated heterocycles. The first kappa shape index (κ1) is 9.32. The van der Waals surface area contributed by atoms with Gasteiger partial charge in [-0.15, -0.1) is 0 Å². The van der Waals surface area contributed by atoms with E-state index in [1.54, 1.807) is 6.07 Å². The van der Waals surface area contributed by atoms with Crippen LogP contribution in [0.1, 0.15) is 37.3 Å². The van der Waals surface area contributed by atoms with E-state index in [2.05, 4.69) is 19.1 Å². The molecule has 74 valence electrons. The quantitative estimate of drug-likeness (QED) is 0.769. The summed E-state index contributed by atoms with van der Waals surface area (Å²) in [5, 5.41) is 9.76. The van der Waals surface area contributed by atoms with Crippen LogP contribution < -0.4 is 0 Å². The summed E-state index contributed by atoms with van der Waals surface area (Å²) in [5.74, 6) is 0.447. The molecular formula is C13H16O. The Morgan fingerprint density at radius 2 is 2.21 bits per heavy atom. The molecule has 0 saturated carbocycles. The van der Waals surface area contributed by atoms with E-state index in [0.29, 0.717) is 5.75 Å². The van der Waals surface area contributed by atoms with E-state index in [1.807, 2.05) is 6.07 Å². The number of rotatable bonds is 3. The zero-order valence-electron chi connectivity index (χ0n) is 8.59. The van der Waals surface area contributed by atoms with Gasteiger partial charge in [-0.05, 0) is 36.5 Å². The van der Waals surface area contributed by atoms with Gasteiger partial charge in [0.25, 0.3) is 0 Å². The largest absolute Gasteiger partial charge is 0.507 e. The van der Waals surface area contributed by atoms with Gasteiger partial charge >= 0.3 is 0 Å². The standard InChI is InChI=1S/C13H16O/c1-2-3-5-10-8-9-11-6-4-7-12(14)13(10)11/h4,6-8,14H,2-3,5,9H2,1H3. The minimum absolute atomic E-state index is 0.447. The maximum Gasteiger partial charge on any atom is 0.123 e. The third-order valence-corrected chi connectivity index (χ3v) is 2.82. The van der Waals surface area contributed by atoms with Crippen LogP contribution in [0.15, 0.2) is 24.3 Å². The summed E-state index contributed by atoms with van der Waals surface area (Å²) in [7, 11) is 0. The van der Waals surface area contributed by atoms with E-state index in [9.17, 15) is 5.11 Å². The molecule has 0 spiro atoms. The SMILES string of the molecule is CCCCC1=CCc2cccc(O)c21. The molecule has 0 aromatic heterocycles. The third-order valence-electron chi connectivity index (χ3n) is 2.82. The second kappa shape index (κ2) is 3.87. The van der Waals surface area contributed by atoms with E-state index in [4.69, 9.17) is 0 Å². The number of aromatic hydroxyl groups is 1. The zero-order chi connectivity index (χ0) is 9.97. The predicted octanol–water partition coefficient (Wildman–Crippen LogP) is 3.52. The molecule has 0 fully saturated rings. The Hall–Kier alpha value is -1.24. The van der Waals surface area contributed by atoms with Gasteiger partial charge in [0.05, 0.1) is 0 Å². The zero-order valence-corrected chi connectivity index (χ0v) is 8.59. The van der Waals surface area contributed by atoms with Crippen molar-refractivity contribution in [3.63, 3.8) is 0 Å². The highest BCUT2D eigenvalue weighted by Gasteiger charge is 2.16. The molecule has 0 atom stereocenters. The Morgan fingerprint density at radius 1 is 1.36 bits per heavy atom. The summed E-state index contributed by atoms with van der Waals surface area (Å²) in [5.41, 5.74) is 3.71. The molecule has 14 heavy (non-hydrogen) atoms. The van der Waals surface area contributed by atoms with Crippen LogP contribution in [0.5, 0.6) is 5.75 Å². The molecule has 1 heteroatoms. The van der Waals surface area contributed by atoms with Crippen LogP contribution in [0.2, 0.25) is 0 Å². The molecule has 1 aromatic carbocycles. The van der Waals surface area contributed by atoms with Gasteiger partial charge in [0.15, 0.2) is 0 Å². The van der Waals surface area contributed by atoms with Crippen molar-refractivity contribution in [3.8, 4) is 5.75 Å². The summed E-state index contributed by atoms with van der Waals surface area (Å²) in [6.45, 7) is 2.20. The lowest BCUT2D eigenvalue weighted by atomic mass is 10.0. The Morgan fingerprint density at radius 3 is 3.00 bits per heavy atom. The van der Waals surface area contributed by atoms with E-state index in [-0.39, 0.29) is 0 Å². The molecule has 1 aliphatic rings. The minimum Gasteiger partial charge on any atom is -0.507 e. The number of allylic oxidation sites excluding steroid dienone is 2. The molecule has 1 nitrogen and oxygen atoms in total. The van der Waals surface area contributed by atoms with E-state index < -0.39 is 0 Å². The maximum atomic E-state index is 9.76. The number of benzene rings is 1. The van der Waals surface area contributed by atoms with Crippen molar-refractivity contribution in [2.45, 2.75) is 32.6 Å². The second-order valence-corrected chi connectivity index (χ2v) is 3.85. The van der Waals surface area contributed by atoms with Crippen molar-refractivity contribution in [2.24, 2.45) is 0 Å². The molecule has 0 heterocycles. The molecule has 1 N–H and O–H groups in total. The van der Waals surface area contributed by atoms with Gasteiger partial charge in [-0.25, -0.2) is 0 Å². The Labute approximate surface area is 85.1 Å². The molecule has 0 bridgehead atoms. The number of hydrogen-bond donors (Lipinski definition) is 1. The van der Waals surface area contributed by atoms with Crippen molar-refractivity contribution in [3.05, 3.63) is 35.4 Å². The van der Waals surface area contributed by atoms with Gasteiger partial charge in [0.1, 0.15) is 5.75 Å². The summed E-state index contributed by atoms with van der Waals surface area (Å²) in [6, 6.07) is 5.80. The van der Waals surface area contributed by atoms with Gasteiger partial charge in [-0.1, -0.05) is 31.6 Å². The van der Waals surface area contributed by atoms with E-state index >= 15 is 0 Å². The normalized spacial score (nSPS) is 13.9. The van der Waals surface area contributed by atoms with Crippen LogP contribution in [0.4, 0.5) is 0 Å². The first-order chi connectivity index (χ1) is 6.83. The Balaban J connectivity index is 2.26. The Bertz CT molecular complexity index is 363. The van der Waals surface area contributed by atoms with Gasteiger partial charge in [0.2, 0.25) is 0 Å². The minimum atomic E-state index is 0.447.